The third-order valence-corrected chi connectivity index (χ3v) is 5.24. The first-order chi connectivity index (χ1) is 9.41. The molecule has 1 aliphatic carbocycles. The number of sulfonamides is 1. The van der Waals surface area contributed by atoms with E-state index in [4.69, 9.17) is 0 Å². The minimum atomic E-state index is -3.50. The quantitative estimate of drug-likeness (QED) is 0.697. The van der Waals surface area contributed by atoms with E-state index in [-0.39, 0.29) is 5.03 Å². The highest BCUT2D eigenvalue weighted by Gasteiger charge is 2.27. The van der Waals surface area contributed by atoms with Gasteiger partial charge in [-0.25, -0.2) is 8.42 Å². The monoisotopic (exact) mass is 301 g/mol. The van der Waals surface area contributed by atoms with E-state index >= 15 is 0 Å². The lowest BCUT2D eigenvalue weighted by Crippen LogP contribution is -2.34. The van der Waals surface area contributed by atoms with Crippen molar-refractivity contribution in [2.75, 3.05) is 34.2 Å². The molecular weight excluding hydrogens is 278 g/mol. The van der Waals surface area contributed by atoms with E-state index in [0.29, 0.717) is 31.2 Å². The predicted octanol–water partition coefficient (Wildman–Crippen LogP) is -0.156. The van der Waals surface area contributed by atoms with Crippen molar-refractivity contribution in [3.63, 3.8) is 0 Å². The molecule has 1 aromatic rings. The Bertz CT molecular complexity index is 536. The highest BCUT2D eigenvalue weighted by Crippen LogP contribution is 2.21. The molecule has 1 aliphatic rings. The molecule has 0 atom stereocenters. The third-order valence-electron chi connectivity index (χ3n) is 3.37. The molecule has 7 nitrogen and oxygen atoms in total. The van der Waals surface area contributed by atoms with E-state index in [1.165, 1.54) is 17.1 Å². The number of nitrogens with zero attached hydrogens (tertiary/aromatic N) is 3. The van der Waals surface area contributed by atoms with E-state index in [2.05, 4.69) is 15.5 Å². The van der Waals surface area contributed by atoms with Crippen LogP contribution in [0.2, 0.25) is 0 Å². The molecule has 1 aromatic heterocycles. The number of likely N-dealkylation sites (N-methyl/N-ethyl adjacent to an activating group) is 2. The molecule has 0 aromatic carbocycles. The molecule has 0 bridgehead atoms. The van der Waals surface area contributed by atoms with Crippen molar-refractivity contribution >= 4 is 10.0 Å². The Kier molecular flexibility index (Phi) is 4.79. The van der Waals surface area contributed by atoms with Gasteiger partial charge < -0.3 is 10.2 Å². The van der Waals surface area contributed by atoms with Crippen LogP contribution in [-0.2, 0) is 16.6 Å². The van der Waals surface area contributed by atoms with Crippen LogP contribution in [-0.4, -0.2) is 68.1 Å². The fourth-order valence-corrected chi connectivity index (χ4v) is 3.07. The third kappa shape index (κ3) is 3.78. The maximum atomic E-state index is 12.5. The molecule has 0 spiro atoms. The molecule has 20 heavy (non-hydrogen) atoms. The van der Waals surface area contributed by atoms with Gasteiger partial charge in [-0.2, -0.15) is 9.40 Å². The summed E-state index contributed by atoms with van der Waals surface area (Å²) >= 11 is 0. The summed E-state index contributed by atoms with van der Waals surface area (Å²) in [5.41, 5.74) is 0.702. The topological polar surface area (TPSA) is 81.3 Å². The van der Waals surface area contributed by atoms with Crippen LogP contribution in [0.4, 0.5) is 0 Å². The summed E-state index contributed by atoms with van der Waals surface area (Å²) in [6, 6.07) is 0.534. The average Bonchev–Trinajstić information content (AvgIpc) is 3.09. The molecule has 0 aliphatic heterocycles. The van der Waals surface area contributed by atoms with Gasteiger partial charge in [0.15, 0.2) is 5.03 Å². The van der Waals surface area contributed by atoms with Crippen LogP contribution in [0.3, 0.4) is 0 Å². The van der Waals surface area contributed by atoms with Crippen LogP contribution >= 0.6 is 0 Å². The largest absolute Gasteiger partial charge is 0.310 e. The van der Waals surface area contributed by atoms with Gasteiger partial charge in [-0.1, -0.05) is 0 Å². The zero-order chi connectivity index (χ0) is 14.8. The number of rotatable bonds is 8. The van der Waals surface area contributed by atoms with E-state index in [1.807, 2.05) is 19.0 Å². The van der Waals surface area contributed by atoms with Crippen LogP contribution in [0.25, 0.3) is 0 Å². The Labute approximate surface area is 120 Å². The van der Waals surface area contributed by atoms with Crippen molar-refractivity contribution < 1.29 is 8.42 Å². The molecule has 0 radical (unpaired) electrons. The van der Waals surface area contributed by atoms with Gasteiger partial charge in [-0.3, -0.25) is 5.10 Å². The maximum absolute atomic E-state index is 12.5. The summed E-state index contributed by atoms with van der Waals surface area (Å²) in [5.74, 6) is 0. The van der Waals surface area contributed by atoms with Gasteiger partial charge in [0.2, 0.25) is 0 Å². The summed E-state index contributed by atoms with van der Waals surface area (Å²) < 4.78 is 26.4. The fraction of sp³-hybridized carbons (Fsp3) is 0.750. The van der Waals surface area contributed by atoms with Gasteiger partial charge in [-0.15, -0.1) is 0 Å². The predicted molar refractivity (Wildman–Crippen MR) is 76.8 cm³/mol. The molecular formula is C12H23N5O2S. The normalized spacial score (nSPS) is 16.2. The summed E-state index contributed by atoms with van der Waals surface area (Å²) in [5, 5.41) is 10.0. The number of aromatic amines is 1. The number of nitrogens with one attached hydrogen (secondary N) is 2. The maximum Gasteiger partial charge on any atom is 0.260 e. The summed E-state index contributed by atoms with van der Waals surface area (Å²) in [7, 11) is 1.93. The van der Waals surface area contributed by atoms with Gasteiger partial charge in [0.25, 0.3) is 10.0 Å². The minimum Gasteiger partial charge on any atom is -0.310 e. The molecule has 0 unspecified atom stereocenters. The fourth-order valence-electron chi connectivity index (χ4n) is 1.81. The lowest BCUT2D eigenvalue weighted by atomic mass is 10.3. The van der Waals surface area contributed by atoms with Crippen molar-refractivity contribution in [1.29, 1.82) is 0 Å². The molecule has 1 saturated carbocycles. The Hall–Kier alpha value is -0.960. The van der Waals surface area contributed by atoms with Crippen molar-refractivity contribution in [1.82, 2.24) is 24.7 Å². The van der Waals surface area contributed by atoms with E-state index in [9.17, 15) is 8.42 Å². The van der Waals surface area contributed by atoms with Crippen LogP contribution in [0.1, 0.15) is 18.4 Å². The summed E-state index contributed by atoms with van der Waals surface area (Å²) in [4.78, 5) is 1.95. The molecule has 0 saturated heterocycles. The van der Waals surface area contributed by atoms with Gasteiger partial charge in [0.05, 0.1) is 6.20 Å². The van der Waals surface area contributed by atoms with Gasteiger partial charge in [0.1, 0.15) is 0 Å². The molecule has 1 heterocycles. The second kappa shape index (κ2) is 6.21. The van der Waals surface area contributed by atoms with Gasteiger partial charge >= 0.3 is 0 Å². The zero-order valence-electron chi connectivity index (χ0n) is 12.3. The first kappa shape index (κ1) is 15.4. The molecule has 2 N–H and O–H groups in total. The molecule has 114 valence electrons. The van der Waals surface area contributed by atoms with Crippen LogP contribution in [0, 0.1) is 0 Å². The number of hydrogen-bond donors (Lipinski definition) is 2. The van der Waals surface area contributed by atoms with E-state index in [1.54, 1.807) is 13.2 Å². The first-order valence-corrected chi connectivity index (χ1v) is 8.22. The van der Waals surface area contributed by atoms with E-state index in [0.717, 1.165) is 0 Å². The second-order valence-electron chi connectivity index (χ2n) is 5.51. The number of aromatic nitrogens is 2. The lowest BCUT2D eigenvalue weighted by Gasteiger charge is -2.19. The Morgan fingerprint density at radius 2 is 2.05 bits per heavy atom. The van der Waals surface area contributed by atoms with Gasteiger partial charge in [0, 0.05) is 38.3 Å². The van der Waals surface area contributed by atoms with Crippen molar-refractivity contribution in [2.45, 2.75) is 30.5 Å². The highest BCUT2D eigenvalue weighted by molar-refractivity contribution is 7.89. The lowest BCUT2D eigenvalue weighted by molar-refractivity contribution is 0.357. The minimum absolute atomic E-state index is 0.201. The smallest absolute Gasteiger partial charge is 0.260 e. The van der Waals surface area contributed by atoms with Crippen LogP contribution < -0.4 is 5.32 Å². The van der Waals surface area contributed by atoms with E-state index < -0.39 is 10.0 Å². The Morgan fingerprint density at radius 3 is 2.65 bits per heavy atom. The standard InChI is InChI=1S/C12H23N5O2S/c1-16(2)6-7-17(3)20(18,19)12-10(9-14-15-12)8-13-11-4-5-11/h9,11,13H,4-8H2,1-3H3,(H,14,15). The zero-order valence-corrected chi connectivity index (χ0v) is 13.1. The van der Waals surface area contributed by atoms with Crippen molar-refractivity contribution in [3.8, 4) is 0 Å². The van der Waals surface area contributed by atoms with Crippen LogP contribution in [0.5, 0.6) is 0 Å². The number of H-pyrrole nitrogens is 1. The SMILES string of the molecule is CN(C)CCN(C)S(=O)(=O)c1[nH]ncc1CNC1CC1. The Balaban J connectivity index is 2.05. The average molecular weight is 301 g/mol. The first-order valence-electron chi connectivity index (χ1n) is 6.78. The summed E-state index contributed by atoms with van der Waals surface area (Å²) in [6.07, 6.45) is 3.92. The molecule has 2 rings (SSSR count). The Morgan fingerprint density at radius 1 is 1.35 bits per heavy atom. The summed E-state index contributed by atoms with van der Waals surface area (Å²) in [6.45, 7) is 1.67. The van der Waals surface area contributed by atoms with Crippen molar-refractivity contribution in [3.05, 3.63) is 11.8 Å². The molecule has 1 fully saturated rings. The molecule has 8 heteroatoms. The number of hydrogen-bond acceptors (Lipinski definition) is 5. The van der Waals surface area contributed by atoms with Crippen molar-refractivity contribution in [2.24, 2.45) is 0 Å². The second-order valence-corrected chi connectivity index (χ2v) is 7.49. The van der Waals surface area contributed by atoms with Gasteiger partial charge in [-0.05, 0) is 26.9 Å². The molecule has 0 amide bonds. The van der Waals surface area contributed by atoms with Crippen LogP contribution in [0.15, 0.2) is 11.2 Å². The highest BCUT2D eigenvalue weighted by atomic mass is 32.2.